The molecule has 1 fully saturated rings. The van der Waals surface area contributed by atoms with E-state index in [2.05, 4.69) is 5.32 Å². The largest absolute Gasteiger partial charge is 0.478 e. The number of amides is 1. The zero-order chi connectivity index (χ0) is 14.0. The fourth-order valence-electron chi connectivity index (χ4n) is 2.01. The van der Waals surface area contributed by atoms with E-state index < -0.39 is 5.97 Å². The van der Waals surface area contributed by atoms with Crippen molar-refractivity contribution in [3.05, 3.63) is 29.3 Å². The number of carboxylic acid groups (broad SMARTS) is 1. The Hall–Kier alpha value is -1.88. The van der Waals surface area contributed by atoms with Crippen molar-refractivity contribution in [2.75, 3.05) is 11.9 Å². The van der Waals surface area contributed by atoms with E-state index in [1.54, 1.807) is 19.1 Å². The Kier molecular flexibility index (Phi) is 3.85. The van der Waals surface area contributed by atoms with Gasteiger partial charge in [0, 0.05) is 12.3 Å². The van der Waals surface area contributed by atoms with Crippen LogP contribution in [0, 0.1) is 12.8 Å². The van der Waals surface area contributed by atoms with Gasteiger partial charge < -0.3 is 15.2 Å². The lowest BCUT2D eigenvalue weighted by atomic mass is 10.1. The van der Waals surface area contributed by atoms with Gasteiger partial charge in [-0.2, -0.15) is 0 Å². The average Bonchev–Trinajstić information content (AvgIpc) is 3.11. The number of benzene rings is 1. The normalized spacial score (nSPS) is 20.9. The third-order valence-electron chi connectivity index (χ3n) is 3.18. The Balaban J connectivity index is 2.02. The molecule has 0 bridgehead atoms. The number of carbonyl (C=O) groups is 2. The Morgan fingerprint density at radius 2 is 2.21 bits per heavy atom. The van der Waals surface area contributed by atoms with Crippen molar-refractivity contribution in [2.24, 2.45) is 5.92 Å². The topological polar surface area (TPSA) is 75.6 Å². The molecule has 1 aliphatic rings. The van der Waals surface area contributed by atoms with Gasteiger partial charge in [0.25, 0.3) is 0 Å². The highest BCUT2D eigenvalue weighted by molar-refractivity contribution is 5.97. The summed E-state index contributed by atoms with van der Waals surface area (Å²) in [5.74, 6) is -1.22. The van der Waals surface area contributed by atoms with Crippen LogP contribution < -0.4 is 5.32 Å². The van der Waals surface area contributed by atoms with E-state index in [9.17, 15) is 9.59 Å². The minimum absolute atomic E-state index is 0.00870. The molecular formula is C14H17NO4. The fourth-order valence-corrected chi connectivity index (χ4v) is 2.01. The Morgan fingerprint density at radius 3 is 2.84 bits per heavy atom. The number of ether oxygens (including phenoxy) is 1. The summed E-state index contributed by atoms with van der Waals surface area (Å²) < 4.78 is 5.35. The highest BCUT2D eigenvalue weighted by atomic mass is 16.5. The van der Waals surface area contributed by atoms with Gasteiger partial charge in [0.15, 0.2) is 0 Å². The van der Waals surface area contributed by atoms with Crippen LogP contribution in [-0.2, 0) is 9.53 Å². The molecular weight excluding hydrogens is 246 g/mol. The first-order valence-electron chi connectivity index (χ1n) is 6.29. The summed E-state index contributed by atoms with van der Waals surface area (Å²) in [5.41, 5.74) is 1.38. The molecule has 2 N–H and O–H groups in total. The van der Waals surface area contributed by atoms with Gasteiger partial charge in [0.1, 0.15) is 0 Å². The van der Waals surface area contributed by atoms with Gasteiger partial charge in [-0.3, -0.25) is 4.79 Å². The minimum atomic E-state index is -0.993. The molecule has 0 saturated heterocycles. The number of aryl methyl sites for hydroxylation is 1. The van der Waals surface area contributed by atoms with Crippen LogP contribution in [0.3, 0.4) is 0 Å². The van der Waals surface area contributed by atoms with E-state index in [0.29, 0.717) is 17.9 Å². The summed E-state index contributed by atoms with van der Waals surface area (Å²) in [6.07, 6.45) is 0.742. The average molecular weight is 263 g/mol. The predicted molar refractivity (Wildman–Crippen MR) is 70.3 cm³/mol. The highest BCUT2D eigenvalue weighted by Gasteiger charge is 2.43. The van der Waals surface area contributed by atoms with Crippen LogP contribution in [0.2, 0.25) is 0 Å². The maximum absolute atomic E-state index is 11.9. The van der Waals surface area contributed by atoms with E-state index in [1.165, 1.54) is 6.07 Å². The maximum Gasteiger partial charge on any atom is 0.336 e. The summed E-state index contributed by atoms with van der Waals surface area (Å²) in [6.45, 7) is 4.22. The first-order chi connectivity index (χ1) is 9.02. The van der Waals surface area contributed by atoms with Gasteiger partial charge >= 0.3 is 5.97 Å². The van der Waals surface area contributed by atoms with Gasteiger partial charge in [-0.05, 0) is 38.0 Å². The molecule has 5 heteroatoms. The van der Waals surface area contributed by atoms with Crippen LogP contribution in [0.15, 0.2) is 18.2 Å². The lowest BCUT2D eigenvalue weighted by Crippen LogP contribution is -2.17. The minimum Gasteiger partial charge on any atom is -0.478 e. The second-order valence-corrected chi connectivity index (χ2v) is 4.66. The molecule has 19 heavy (non-hydrogen) atoms. The summed E-state index contributed by atoms with van der Waals surface area (Å²) >= 11 is 0. The second-order valence-electron chi connectivity index (χ2n) is 4.66. The van der Waals surface area contributed by atoms with Crippen molar-refractivity contribution in [2.45, 2.75) is 26.4 Å². The zero-order valence-electron chi connectivity index (χ0n) is 11.0. The Morgan fingerprint density at radius 1 is 1.47 bits per heavy atom. The molecule has 102 valence electrons. The SMILES string of the molecule is CCO[C@H]1C[C@H]1C(=O)Nc1ccc(C)c(C(=O)O)c1. The molecule has 1 aliphatic carbocycles. The molecule has 1 aromatic carbocycles. The van der Waals surface area contributed by atoms with Crippen molar-refractivity contribution in [1.29, 1.82) is 0 Å². The molecule has 1 aromatic rings. The summed E-state index contributed by atoms with van der Waals surface area (Å²) in [4.78, 5) is 22.9. The number of anilines is 1. The predicted octanol–water partition coefficient (Wildman–Crippen LogP) is 2.06. The zero-order valence-corrected chi connectivity index (χ0v) is 11.0. The van der Waals surface area contributed by atoms with Crippen LogP contribution in [0.25, 0.3) is 0 Å². The molecule has 0 radical (unpaired) electrons. The number of carbonyl (C=O) groups excluding carboxylic acids is 1. The molecule has 0 unspecified atom stereocenters. The third kappa shape index (κ3) is 3.12. The van der Waals surface area contributed by atoms with Crippen LogP contribution in [0.1, 0.15) is 29.3 Å². The van der Waals surface area contributed by atoms with E-state index in [-0.39, 0.29) is 23.5 Å². The molecule has 1 saturated carbocycles. The maximum atomic E-state index is 11.9. The van der Waals surface area contributed by atoms with Crippen LogP contribution >= 0.6 is 0 Å². The number of carboxylic acids is 1. The molecule has 2 atom stereocenters. The van der Waals surface area contributed by atoms with Gasteiger partial charge in [-0.15, -0.1) is 0 Å². The third-order valence-corrected chi connectivity index (χ3v) is 3.18. The van der Waals surface area contributed by atoms with Crippen LogP contribution in [-0.4, -0.2) is 29.7 Å². The van der Waals surface area contributed by atoms with Gasteiger partial charge in [0.05, 0.1) is 17.6 Å². The number of rotatable bonds is 5. The highest BCUT2D eigenvalue weighted by Crippen LogP contribution is 2.34. The van der Waals surface area contributed by atoms with Gasteiger partial charge in [-0.1, -0.05) is 6.07 Å². The van der Waals surface area contributed by atoms with Gasteiger partial charge in [-0.25, -0.2) is 4.79 Å². The molecule has 0 heterocycles. The van der Waals surface area contributed by atoms with Crippen LogP contribution in [0.4, 0.5) is 5.69 Å². The van der Waals surface area contributed by atoms with Crippen molar-refractivity contribution in [3.8, 4) is 0 Å². The van der Waals surface area contributed by atoms with Crippen molar-refractivity contribution < 1.29 is 19.4 Å². The lowest BCUT2D eigenvalue weighted by molar-refractivity contribution is -0.118. The Labute approximate surface area is 111 Å². The number of hydrogen-bond acceptors (Lipinski definition) is 3. The molecule has 2 rings (SSSR count). The molecule has 1 amide bonds. The summed E-state index contributed by atoms with van der Waals surface area (Å²) in [5, 5.41) is 11.8. The number of nitrogens with one attached hydrogen (secondary N) is 1. The van der Waals surface area contributed by atoms with E-state index in [4.69, 9.17) is 9.84 Å². The first kappa shape index (κ1) is 13.5. The molecule has 0 spiro atoms. The van der Waals surface area contributed by atoms with Crippen LogP contribution in [0.5, 0.6) is 0 Å². The Bertz CT molecular complexity index is 512. The van der Waals surface area contributed by atoms with E-state index >= 15 is 0 Å². The van der Waals surface area contributed by atoms with Crippen molar-refractivity contribution in [1.82, 2.24) is 0 Å². The van der Waals surface area contributed by atoms with Gasteiger partial charge in [0.2, 0.25) is 5.91 Å². The van der Waals surface area contributed by atoms with E-state index in [1.807, 2.05) is 6.92 Å². The first-order valence-corrected chi connectivity index (χ1v) is 6.29. The van der Waals surface area contributed by atoms with E-state index in [0.717, 1.165) is 6.42 Å². The smallest absolute Gasteiger partial charge is 0.336 e. The monoisotopic (exact) mass is 263 g/mol. The number of hydrogen-bond donors (Lipinski definition) is 2. The fraction of sp³-hybridized carbons (Fsp3) is 0.429. The lowest BCUT2D eigenvalue weighted by Gasteiger charge is -2.07. The molecule has 5 nitrogen and oxygen atoms in total. The number of aromatic carboxylic acids is 1. The second kappa shape index (κ2) is 5.40. The molecule has 0 aromatic heterocycles. The van der Waals surface area contributed by atoms with Crippen molar-refractivity contribution >= 4 is 17.6 Å². The summed E-state index contributed by atoms with van der Waals surface area (Å²) in [7, 11) is 0. The molecule has 0 aliphatic heterocycles. The van der Waals surface area contributed by atoms with Crippen molar-refractivity contribution in [3.63, 3.8) is 0 Å². The quantitative estimate of drug-likeness (QED) is 0.852. The summed E-state index contributed by atoms with van der Waals surface area (Å²) in [6, 6.07) is 4.87. The standard InChI is InChI=1S/C14H17NO4/c1-3-19-12-7-11(12)13(16)15-9-5-4-8(2)10(6-9)14(17)18/h4-6,11-12H,3,7H2,1-2H3,(H,15,16)(H,17,18)/t11-,12+/m1/s1.